The molecule has 0 spiro atoms. The van der Waals surface area contributed by atoms with E-state index < -0.39 is 0 Å². The highest BCUT2D eigenvalue weighted by Crippen LogP contribution is 2.18. The summed E-state index contributed by atoms with van der Waals surface area (Å²) in [6, 6.07) is 10.2. The fraction of sp³-hybridized carbons (Fsp3) is 0.231. The molecule has 1 N–H and O–H groups in total. The van der Waals surface area contributed by atoms with Gasteiger partial charge in [0, 0.05) is 13.3 Å². The monoisotopic (exact) mass is 287 g/mol. The van der Waals surface area contributed by atoms with Crippen molar-refractivity contribution in [3.05, 3.63) is 53.5 Å². The van der Waals surface area contributed by atoms with E-state index in [9.17, 15) is 0 Å². The summed E-state index contributed by atoms with van der Waals surface area (Å²) in [7, 11) is 0. The molecule has 20 heavy (non-hydrogen) atoms. The molecule has 102 valence electrons. The van der Waals surface area contributed by atoms with E-state index in [2.05, 4.69) is 37.5 Å². The van der Waals surface area contributed by atoms with Gasteiger partial charge >= 0.3 is 0 Å². The first-order valence-corrected chi connectivity index (χ1v) is 7.15. The van der Waals surface area contributed by atoms with Gasteiger partial charge in [0.05, 0.1) is 5.75 Å². The number of nitrogens with zero attached hydrogens (tertiary/aromatic N) is 4. The highest BCUT2D eigenvalue weighted by molar-refractivity contribution is 7.98. The third kappa shape index (κ3) is 3.24. The van der Waals surface area contributed by atoms with Gasteiger partial charge in [-0.2, -0.15) is 0 Å². The molecule has 0 radical (unpaired) electrons. The number of nitrogens with one attached hydrogen (secondary N) is 1. The lowest BCUT2D eigenvalue weighted by atomic mass is 10.1. The molecule has 0 fully saturated rings. The van der Waals surface area contributed by atoms with Crippen molar-refractivity contribution in [3.8, 4) is 0 Å². The number of H-pyrrole nitrogens is 1. The van der Waals surface area contributed by atoms with Gasteiger partial charge in [-0.1, -0.05) is 42.1 Å². The summed E-state index contributed by atoms with van der Waals surface area (Å²) in [6.07, 6.45) is 0.744. The number of hydrogen-bond donors (Lipinski definition) is 1. The van der Waals surface area contributed by atoms with Gasteiger partial charge in [-0.3, -0.25) is 5.10 Å². The zero-order valence-corrected chi connectivity index (χ0v) is 11.7. The van der Waals surface area contributed by atoms with E-state index >= 15 is 0 Å². The third-order valence-corrected chi connectivity index (χ3v) is 3.45. The van der Waals surface area contributed by atoms with Crippen LogP contribution in [0.2, 0.25) is 0 Å². The van der Waals surface area contributed by atoms with Crippen LogP contribution >= 0.6 is 11.8 Å². The molecule has 1 aromatic carbocycles. The fourth-order valence-corrected chi connectivity index (χ4v) is 2.39. The van der Waals surface area contributed by atoms with Gasteiger partial charge in [-0.25, -0.2) is 4.98 Å². The maximum absolute atomic E-state index is 5.30. The van der Waals surface area contributed by atoms with E-state index in [-0.39, 0.29) is 0 Å². The Bertz CT molecular complexity index is 679. The van der Waals surface area contributed by atoms with Crippen LogP contribution in [0.1, 0.15) is 23.2 Å². The Kier molecular flexibility index (Phi) is 3.78. The summed E-state index contributed by atoms with van der Waals surface area (Å²) in [5.74, 6) is 2.58. The summed E-state index contributed by atoms with van der Waals surface area (Å²) >= 11 is 1.47. The van der Waals surface area contributed by atoms with Gasteiger partial charge in [0.15, 0.2) is 0 Å². The second kappa shape index (κ2) is 5.87. The number of aromatic amines is 1. The molecular formula is C13H13N5OS. The van der Waals surface area contributed by atoms with Crippen molar-refractivity contribution in [1.29, 1.82) is 0 Å². The first-order chi connectivity index (χ1) is 9.79. The van der Waals surface area contributed by atoms with Crippen molar-refractivity contribution in [3.63, 3.8) is 0 Å². The van der Waals surface area contributed by atoms with E-state index in [0.717, 1.165) is 12.2 Å². The SMILES string of the molecule is Cc1nnc(CSc2n[nH]c(Cc3ccccc3)n2)o1. The summed E-state index contributed by atoms with van der Waals surface area (Å²) in [5.41, 5.74) is 1.20. The Morgan fingerprint density at radius 1 is 1.20 bits per heavy atom. The number of hydrogen-bond acceptors (Lipinski definition) is 6. The molecule has 0 amide bonds. The van der Waals surface area contributed by atoms with Crippen molar-refractivity contribution in [2.24, 2.45) is 0 Å². The van der Waals surface area contributed by atoms with Crippen molar-refractivity contribution in [1.82, 2.24) is 25.4 Å². The molecule has 3 rings (SSSR count). The zero-order valence-electron chi connectivity index (χ0n) is 10.9. The number of benzene rings is 1. The number of rotatable bonds is 5. The standard InChI is InChI=1S/C13H13N5OS/c1-9-15-17-12(19-9)8-20-13-14-11(16-18-13)7-10-5-3-2-4-6-10/h2-6H,7-8H2,1H3,(H,14,16,18). The highest BCUT2D eigenvalue weighted by Gasteiger charge is 2.08. The quantitative estimate of drug-likeness (QED) is 0.726. The fourth-order valence-electron chi connectivity index (χ4n) is 1.73. The maximum Gasteiger partial charge on any atom is 0.226 e. The lowest BCUT2D eigenvalue weighted by Gasteiger charge is -1.95. The van der Waals surface area contributed by atoms with E-state index in [1.54, 1.807) is 6.92 Å². The Balaban J connectivity index is 1.59. The molecule has 0 aliphatic carbocycles. The number of aromatic nitrogens is 5. The van der Waals surface area contributed by atoms with Crippen LogP contribution in [0.15, 0.2) is 39.9 Å². The molecule has 7 heteroatoms. The normalized spacial score (nSPS) is 10.8. The van der Waals surface area contributed by atoms with Gasteiger partial charge in [0.25, 0.3) is 0 Å². The van der Waals surface area contributed by atoms with Crippen LogP contribution < -0.4 is 0 Å². The highest BCUT2D eigenvalue weighted by atomic mass is 32.2. The summed E-state index contributed by atoms with van der Waals surface area (Å²) in [6.45, 7) is 1.77. The van der Waals surface area contributed by atoms with E-state index in [1.807, 2.05) is 18.2 Å². The van der Waals surface area contributed by atoms with Crippen molar-refractivity contribution >= 4 is 11.8 Å². The summed E-state index contributed by atoms with van der Waals surface area (Å²) in [5, 5.41) is 15.5. The Morgan fingerprint density at radius 3 is 2.80 bits per heavy atom. The van der Waals surface area contributed by atoms with Gasteiger partial charge in [0.2, 0.25) is 16.9 Å². The topological polar surface area (TPSA) is 80.5 Å². The van der Waals surface area contributed by atoms with Crippen molar-refractivity contribution in [2.45, 2.75) is 24.3 Å². The molecule has 0 saturated heterocycles. The minimum atomic E-state index is 0.570. The number of aryl methyl sites for hydroxylation is 1. The first-order valence-electron chi connectivity index (χ1n) is 6.16. The van der Waals surface area contributed by atoms with Crippen LogP contribution in [0.4, 0.5) is 0 Å². The predicted octanol–water partition coefficient (Wildman–Crippen LogP) is 2.38. The molecule has 0 unspecified atom stereocenters. The maximum atomic E-state index is 5.30. The first kappa shape index (κ1) is 12.9. The molecule has 0 aliphatic heterocycles. The smallest absolute Gasteiger partial charge is 0.226 e. The van der Waals surface area contributed by atoms with E-state index in [4.69, 9.17) is 4.42 Å². The lowest BCUT2D eigenvalue weighted by molar-refractivity contribution is 0.485. The summed E-state index contributed by atoms with van der Waals surface area (Å²) < 4.78 is 5.30. The summed E-state index contributed by atoms with van der Waals surface area (Å²) in [4.78, 5) is 4.43. The zero-order chi connectivity index (χ0) is 13.8. The molecule has 0 saturated carbocycles. The largest absolute Gasteiger partial charge is 0.425 e. The van der Waals surface area contributed by atoms with Crippen LogP contribution in [-0.4, -0.2) is 25.4 Å². The Hall–Kier alpha value is -2.15. The minimum absolute atomic E-state index is 0.570. The van der Waals surface area contributed by atoms with Gasteiger partial charge in [-0.05, 0) is 5.56 Å². The van der Waals surface area contributed by atoms with Crippen LogP contribution in [0.3, 0.4) is 0 Å². The van der Waals surface area contributed by atoms with Crippen LogP contribution in [0.5, 0.6) is 0 Å². The van der Waals surface area contributed by atoms with Crippen LogP contribution in [0.25, 0.3) is 0 Å². The lowest BCUT2D eigenvalue weighted by Crippen LogP contribution is -1.90. The van der Waals surface area contributed by atoms with Gasteiger partial charge in [0.1, 0.15) is 5.82 Å². The van der Waals surface area contributed by atoms with Gasteiger partial charge < -0.3 is 4.42 Å². The number of thioether (sulfide) groups is 1. The second-order valence-electron chi connectivity index (χ2n) is 4.23. The van der Waals surface area contributed by atoms with Crippen molar-refractivity contribution in [2.75, 3.05) is 0 Å². The molecular weight excluding hydrogens is 274 g/mol. The molecule has 2 heterocycles. The molecule has 6 nitrogen and oxygen atoms in total. The van der Waals surface area contributed by atoms with Crippen LogP contribution in [-0.2, 0) is 12.2 Å². The minimum Gasteiger partial charge on any atom is -0.425 e. The van der Waals surface area contributed by atoms with E-state index in [0.29, 0.717) is 22.7 Å². The molecule has 2 aromatic heterocycles. The van der Waals surface area contributed by atoms with E-state index in [1.165, 1.54) is 17.3 Å². The van der Waals surface area contributed by atoms with Crippen LogP contribution in [0, 0.1) is 6.92 Å². The Labute approximate surface area is 120 Å². The molecule has 3 aromatic rings. The Morgan fingerprint density at radius 2 is 2.05 bits per heavy atom. The predicted molar refractivity (Wildman–Crippen MR) is 74.2 cm³/mol. The molecule has 0 atom stereocenters. The van der Waals surface area contributed by atoms with Gasteiger partial charge in [-0.15, -0.1) is 15.3 Å². The average molecular weight is 287 g/mol. The second-order valence-corrected chi connectivity index (χ2v) is 5.17. The third-order valence-electron chi connectivity index (χ3n) is 2.62. The average Bonchev–Trinajstić information content (AvgIpc) is 3.07. The molecule has 0 bridgehead atoms. The van der Waals surface area contributed by atoms with Crippen molar-refractivity contribution < 1.29 is 4.42 Å². The molecule has 0 aliphatic rings.